The van der Waals surface area contributed by atoms with Crippen LogP contribution in [0, 0.1) is 23.4 Å². The first-order chi connectivity index (χ1) is 14.9. The Bertz CT molecular complexity index is 1060. The summed E-state index contributed by atoms with van der Waals surface area (Å²) >= 11 is 0. The normalized spacial score (nSPS) is 20.3. The average molecular weight is 426 g/mol. The summed E-state index contributed by atoms with van der Waals surface area (Å²) < 4.78 is 54.8. The van der Waals surface area contributed by atoms with Gasteiger partial charge in [-0.1, -0.05) is 31.2 Å². The Morgan fingerprint density at radius 3 is 2.16 bits per heavy atom. The van der Waals surface area contributed by atoms with Gasteiger partial charge in [0.1, 0.15) is 17.4 Å². The van der Waals surface area contributed by atoms with E-state index in [1.54, 1.807) is 13.2 Å². The molecule has 3 unspecified atom stereocenters. The summed E-state index contributed by atoms with van der Waals surface area (Å²) in [7, 11) is 3.03. The van der Waals surface area contributed by atoms with Gasteiger partial charge < -0.3 is 9.47 Å². The minimum Gasteiger partial charge on any atom is -0.497 e. The molecule has 0 aliphatic heterocycles. The molecule has 5 heteroatoms. The first-order valence-electron chi connectivity index (χ1n) is 10.4. The molecular weight excluding hydrogens is 401 g/mol. The maximum Gasteiger partial charge on any atom is 0.168 e. The van der Waals surface area contributed by atoms with Crippen LogP contribution in [0.4, 0.5) is 13.2 Å². The molecule has 2 nitrogen and oxygen atoms in total. The van der Waals surface area contributed by atoms with Crippen LogP contribution in [0.25, 0.3) is 0 Å². The lowest BCUT2D eigenvalue weighted by Gasteiger charge is -2.39. The Morgan fingerprint density at radius 2 is 1.55 bits per heavy atom. The van der Waals surface area contributed by atoms with Crippen molar-refractivity contribution in [3.05, 3.63) is 94.3 Å². The fraction of sp³-hybridized carbons (Fsp3) is 0.308. The van der Waals surface area contributed by atoms with Gasteiger partial charge in [0.15, 0.2) is 11.6 Å². The number of halogens is 3. The number of hydrogen-bond acceptors (Lipinski definition) is 2. The Labute approximate surface area is 180 Å². The van der Waals surface area contributed by atoms with Crippen LogP contribution in [-0.2, 0) is 12.8 Å². The second-order valence-electron chi connectivity index (χ2n) is 8.11. The highest BCUT2D eigenvalue weighted by atomic mass is 19.1. The smallest absolute Gasteiger partial charge is 0.168 e. The van der Waals surface area contributed by atoms with Gasteiger partial charge in [-0.25, -0.2) is 13.2 Å². The minimum atomic E-state index is -0.608. The zero-order valence-corrected chi connectivity index (χ0v) is 17.8. The van der Waals surface area contributed by atoms with Gasteiger partial charge in [-0.3, -0.25) is 0 Å². The maximum absolute atomic E-state index is 15.4. The van der Waals surface area contributed by atoms with E-state index >= 15 is 4.39 Å². The molecule has 3 aromatic rings. The van der Waals surface area contributed by atoms with Crippen molar-refractivity contribution in [3.8, 4) is 11.5 Å². The molecule has 0 aromatic heterocycles. The van der Waals surface area contributed by atoms with Crippen molar-refractivity contribution in [2.45, 2.75) is 31.6 Å². The molecule has 162 valence electrons. The van der Waals surface area contributed by atoms with E-state index in [-0.39, 0.29) is 29.6 Å². The first kappa shape index (κ1) is 21.3. The number of benzene rings is 3. The van der Waals surface area contributed by atoms with E-state index in [4.69, 9.17) is 9.47 Å². The van der Waals surface area contributed by atoms with Crippen LogP contribution >= 0.6 is 0 Å². The van der Waals surface area contributed by atoms with Gasteiger partial charge in [-0.15, -0.1) is 0 Å². The zero-order valence-electron chi connectivity index (χ0n) is 17.8. The lowest BCUT2D eigenvalue weighted by Crippen LogP contribution is -2.29. The van der Waals surface area contributed by atoms with E-state index in [1.807, 2.05) is 37.3 Å². The summed E-state index contributed by atoms with van der Waals surface area (Å²) in [6, 6.07) is 15.1. The van der Waals surface area contributed by atoms with Crippen LogP contribution in [0.15, 0.2) is 54.6 Å². The standard InChI is InChI=1S/C26H25F3O2/c1-15-19(16-7-10-18(30-2)11-8-16)13-17-9-12-24(31-3)26(29)25(17)20(15)14-21-22(27)5-4-6-23(21)28/h4-12,15,19-20H,13-14H2,1-3H3. The monoisotopic (exact) mass is 426 g/mol. The van der Waals surface area contributed by atoms with Crippen LogP contribution < -0.4 is 9.47 Å². The average Bonchev–Trinajstić information content (AvgIpc) is 2.78. The summed E-state index contributed by atoms with van der Waals surface area (Å²) in [5.41, 5.74) is 2.43. The van der Waals surface area contributed by atoms with Crippen molar-refractivity contribution in [1.82, 2.24) is 0 Å². The van der Waals surface area contributed by atoms with Crippen LogP contribution in [0.3, 0.4) is 0 Å². The number of hydrogen-bond donors (Lipinski definition) is 0. The molecule has 0 bridgehead atoms. The van der Waals surface area contributed by atoms with Gasteiger partial charge in [0.25, 0.3) is 0 Å². The molecule has 3 aromatic carbocycles. The molecule has 4 rings (SSSR count). The second kappa shape index (κ2) is 8.66. The van der Waals surface area contributed by atoms with Gasteiger partial charge in [-0.05, 0) is 77.6 Å². The van der Waals surface area contributed by atoms with Crippen molar-refractivity contribution in [3.63, 3.8) is 0 Å². The number of rotatable bonds is 5. The fourth-order valence-electron chi connectivity index (χ4n) is 4.82. The van der Waals surface area contributed by atoms with Crippen LogP contribution in [0.5, 0.6) is 11.5 Å². The summed E-state index contributed by atoms with van der Waals surface area (Å²) in [6.45, 7) is 2.03. The van der Waals surface area contributed by atoms with Gasteiger partial charge in [0, 0.05) is 5.56 Å². The molecule has 0 saturated heterocycles. The van der Waals surface area contributed by atoms with E-state index in [0.29, 0.717) is 12.0 Å². The molecule has 1 aliphatic carbocycles. The third-order valence-corrected chi connectivity index (χ3v) is 6.56. The zero-order chi connectivity index (χ0) is 22.1. The molecule has 0 heterocycles. The third kappa shape index (κ3) is 3.89. The SMILES string of the molecule is COc1ccc(C2Cc3ccc(OC)c(F)c3C(Cc3c(F)cccc3F)C2C)cc1. The molecule has 0 radical (unpaired) electrons. The Kier molecular flexibility index (Phi) is 5.94. The highest BCUT2D eigenvalue weighted by Gasteiger charge is 2.38. The van der Waals surface area contributed by atoms with Gasteiger partial charge in [0.05, 0.1) is 14.2 Å². The van der Waals surface area contributed by atoms with E-state index in [0.717, 1.165) is 16.9 Å². The molecule has 0 amide bonds. The van der Waals surface area contributed by atoms with Crippen molar-refractivity contribution in [2.24, 2.45) is 5.92 Å². The fourth-order valence-corrected chi connectivity index (χ4v) is 4.82. The largest absolute Gasteiger partial charge is 0.497 e. The third-order valence-electron chi connectivity index (χ3n) is 6.56. The lowest BCUT2D eigenvalue weighted by molar-refractivity contribution is 0.323. The van der Waals surface area contributed by atoms with Crippen molar-refractivity contribution < 1.29 is 22.6 Å². The molecule has 3 atom stereocenters. The van der Waals surface area contributed by atoms with Crippen LogP contribution in [0.1, 0.15) is 41.0 Å². The topological polar surface area (TPSA) is 18.5 Å². The predicted octanol–water partition coefficient (Wildman–Crippen LogP) is 6.42. The molecule has 31 heavy (non-hydrogen) atoms. The van der Waals surface area contributed by atoms with E-state index in [1.165, 1.54) is 25.3 Å². The van der Waals surface area contributed by atoms with Gasteiger partial charge in [0.2, 0.25) is 0 Å². The Morgan fingerprint density at radius 1 is 0.871 bits per heavy atom. The Balaban J connectivity index is 1.81. The van der Waals surface area contributed by atoms with Crippen LogP contribution in [0.2, 0.25) is 0 Å². The van der Waals surface area contributed by atoms with Crippen molar-refractivity contribution in [2.75, 3.05) is 14.2 Å². The van der Waals surface area contributed by atoms with Crippen molar-refractivity contribution in [1.29, 1.82) is 0 Å². The van der Waals surface area contributed by atoms with E-state index < -0.39 is 23.4 Å². The second-order valence-corrected chi connectivity index (χ2v) is 8.11. The molecule has 0 saturated carbocycles. The molecule has 0 fully saturated rings. The molecule has 0 N–H and O–H groups in total. The Hall–Kier alpha value is -2.95. The molecular formula is C26H25F3O2. The molecule has 1 aliphatic rings. The summed E-state index contributed by atoms with van der Waals surface area (Å²) in [4.78, 5) is 0. The summed E-state index contributed by atoms with van der Waals surface area (Å²) in [6.07, 6.45) is 0.712. The maximum atomic E-state index is 15.4. The number of methoxy groups -OCH3 is 2. The van der Waals surface area contributed by atoms with Gasteiger partial charge >= 0.3 is 0 Å². The number of fused-ring (bicyclic) bond motifs is 1. The first-order valence-corrected chi connectivity index (χ1v) is 10.4. The predicted molar refractivity (Wildman–Crippen MR) is 114 cm³/mol. The molecule has 0 spiro atoms. The lowest BCUT2D eigenvalue weighted by atomic mass is 9.65. The van der Waals surface area contributed by atoms with E-state index in [2.05, 4.69) is 0 Å². The summed E-state index contributed by atoms with van der Waals surface area (Å²) in [5.74, 6) is -1.14. The quantitative estimate of drug-likeness (QED) is 0.468. The van der Waals surface area contributed by atoms with Gasteiger partial charge in [-0.2, -0.15) is 0 Å². The highest BCUT2D eigenvalue weighted by Crippen LogP contribution is 2.48. The van der Waals surface area contributed by atoms with Crippen molar-refractivity contribution >= 4 is 0 Å². The number of ether oxygens (including phenoxy) is 2. The minimum absolute atomic E-state index is 0.0112. The van der Waals surface area contributed by atoms with Crippen LogP contribution in [-0.4, -0.2) is 14.2 Å². The van der Waals surface area contributed by atoms with E-state index in [9.17, 15) is 8.78 Å². The highest BCUT2D eigenvalue weighted by molar-refractivity contribution is 5.45. The summed E-state index contributed by atoms with van der Waals surface area (Å²) in [5, 5.41) is 0.